The lowest BCUT2D eigenvalue weighted by molar-refractivity contribution is 0.221. The van der Waals surface area contributed by atoms with E-state index in [1.165, 1.54) is 0 Å². The highest BCUT2D eigenvalue weighted by molar-refractivity contribution is 5.52. The van der Waals surface area contributed by atoms with Gasteiger partial charge in [0.15, 0.2) is 5.88 Å². The van der Waals surface area contributed by atoms with Crippen molar-refractivity contribution in [3.05, 3.63) is 41.3 Å². The van der Waals surface area contributed by atoms with Crippen LogP contribution in [0.15, 0.2) is 30.1 Å². The molecule has 0 radical (unpaired) electrons. The van der Waals surface area contributed by atoms with Crippen molar-refractivity contribution in [1.29, 1.82) is 5.26 Å². The number of hydrogen-bond acceptors (Lipinski definition) is 3. The molecule has 0 aliphatic rings. The summed E-state index contributed by atoms with van der Waals surface area (Å²) in [5.41, 5.74) is 1.52. The van der Waals surface area contributed by atoms with Crippen LogP contribution in [0.2, 0.25) is 0 Å². The Balaban J connectivity index is 2.85. The largest absolute Gasteiger partial charge is 0.495 e. The predicted molar refractivity (Wildman–Crippen MR) is 64.7 cm³/mol. The number of benzene rings is 1. The molecule has 0 atom stereocenters. The topological polar surface area (TPSA) is 47.3 Å². The van der Waals surface area contributed by atoms with Crippen LogP contribution in [0.4, 0.5) is 0 Å². The van der Waals surface area contributed by atoms with Crippen molar-refractivity contribution in [1.82, 2.24) is 4.90 Å². The molecule has 1 aromatic carbocycles. The lowest BCUT2D eigenvalue weighted by Gasteiger charge is -2.19. The highest BCUT2D eigenvalue weighted by Crippen LogP contribution is 2.09. The molecular weight excluding hydrogens is 200 g/mol. The molecule has 0 aliphatic heterocycles. The Morgan fingerprint density at radius 3 is 2.31 bits per heavy atom. The molecule has 1 rings (SSSR count). The first-order valence-electron chi connectivity index (χ1n) is 5.37. The van der Waals surface area contributed by atoms with Crippen LogP contribution < -0.4 is 0 Å². The average molecular weight is 216 g/mol. The normalized spacial score (nSPS) is 10.9. The van der Waals surface area contributed by atoms with Crippen molar-refractivity contribution in [2.75, 3.05) is 13.1 Å². The number of hydrogen-bond donors (Lipinski definition) is 1. The summed E-state index contributed by atoms with van der Waals surface area (Å²) in [4.78, 5) is 1.86. The second-order valence-corrected chi connectivity index (χ2v) is 3.41. The Labute approximate surface area is 96.2 Å². The van der Waals surface area contributed by atoms with E-state index in [1.54, 1.807) is 18.2 Å². The Hall–Kier alpha value is -1.95. The smallest absolute Gasteiger partial charge is 0.187 e. The summed E-state index contributed by atoms with van der Waals surface area (Å²) >= 11 is 0. The molecule has 0 unspecified atom stereocenters. The minimum absolute atomic E-state index is 0.259. The highest BCUT2D eigenvalue weighted by Gasteiger charge is 2.02. The van der Waals surface area contributed by atoms with Crippen molar-refractivity contribution in [2.45, 2.75) is 13.8 Å². The van der Waals surface area contributed by atoms with Crippen LogP contribution in [-0.2, 0) is 0 Å². The van der Waals surface area contributed by atoms with Gasteiger partial charge in [-0.3, -0.25) is 0 Å². The van der Waals surface area contributed by atoms with Crippen molar-refractivity contribution >= 4 is 6.08 Å². The molecule has 0 heterocycles. The standard InChI is InChI=1S/C13H16N2O/c1-3-15(4-2)13(16)9-11-5-7-12(10-14)8-6-11/h5-9,16H,3-4H2,1-2H3/b13-9-. The maximum Gasteiger partial charge on any atom is 0.187 e. The molecule has 3 nitrogen and oxygen atoms in total. The zero-order chi connectivity index (χ0) is 12.0. The molecule has 0 spiro atoms. The van der Waals surface area contributed by atoms with Gasteiger partial charge in [0, 0.05) is 19.2 Å². The monoisotopic (exact) mass is 216 g/mol. The Morgan fingerprint density at radius 2 is 1.88 bits per heavy atom. The van der Waals surface area contributed by atoms with Crippen molar-refractivity contribution in [2.24, 2.45) is 0 Å². The highest BCUT2D eigenvalue weighted by atomic mass is 16.3. The minimum Gasteiger partial charge on any atom is -0.495 e. The summed E-state index contributed by atoms with van der Waals surface area (Å²) in [6.45, 7) is 5.53. The fourth-order valence-corrected chi connectivity index (χ4v) is 1.44. The van der Waals surface area contributed by atoms with Gasteiger partial charge in [0.1, 0.15) is 0 Å². The van der Waals surface area contributed by atoms with Crippen LogP contribution in [0.1, 0.15) is 25.0 Å². The maximum absolute atomic E-state index is 9.81. The van der Waals surface area contributed by atoms with Crippen LogP contribution in [0.25, 0.3) is 6.08 Å². The summed E-state index contributed by atoms with van der Waals surface area (Å²) in [6.07, 6.45) is 1.70. The first-order chi connectivity index (χ1) is 7.71. The van der Waals surface area contributed by atoms with Crippen LogP contribution >= 0.6 is 0 Å². The first-order valence-corrected chi connectivity index (χ1v) is 5.37. The zero-order valence-electron chi connectivity index (χ0n) is 9.64. The first kappa shape index (κ1) is 12.1. The number of aliphatic hydroxyl groups is 1. The fourth-order valence-electron chi connectivity index (χ4n) is 1.44. The van der Waals surface area contributed by atoms with Gasteiger partial charge in [-0.25, -0.2) is 0 Å². The van der Waals surface area contributed by atoms with E-state index < -0.39 is 0 Å². The van der Waals surface area contributed by atoms with E-state index in [9.17, 15) is 5.11 Å². The van der Waals surface area contributed by atoms with E-state index in [1.807, 2.05) is 30.9 Å². The van der Waals surface area contributed by atoms with E-state index in [0.717, 1.165) is 18.7 Å². The van der Waals surface area contributed by atoms with Gasteiger partial charge in [-0.1, -0.05) is 12.1 Å². The van der Waals surface area contributed by atoms with E-state index in [0.29, 0.717) is 5.56 Å². The molecular formula is C13H16N2O. The average Bonchev–Trinajstić information content (AvgIpc) is 2.31. The van der Waals surface area contributed by atoms with E-state index >= 15 is 0 Å². The van der Waals surface area contributed by atoms with Gasteiger partial charge in [0.25, 0.3) is 0 Å². The summed E-state index contributed by atoms with van der Waals surface area (Å²) in [6, 6.07) is 9.17. The third-order valence-corrected chi connectivity index (χ3v) is 2.42. The second-order valence-electron chi connectivity index (χ2n) is 3.41. The van der Waals surface area contributed by atoms with E-state index in [-0.39, 0.29) is 5.88 Å². The van der Waals surface area contributed by atoms with Crippen LogP contribution in [0.5, 0.6) is 0 Å². The van der Waals surface area contributed by atoms with Gasteiger partial charge in [-0.15, -0.1) is 0 Å². The van der Waals surface area contributed by atoms with Crippen molar-refractivity contribution in [3.8, 4) is 6.07 Å². The second kappa shape index (κ2) is 5.82. The fraction of sp³-hybridized carbons (Fsp3) is 0.308. The summed E-state index contributed by atoms with van der Waals surface area (Å²) < 4.78 is 0. The van der Waals surface area contributed by atoms with Gasteiger partial charge in [0.2, 0.25) is 0 Å². The minimum atomic E-state index is 0.259. The van der Waals surface area contributed by atoms with Crippen molar-refractivity contribution in [3.63, 3.8) is 0 Å². The predicted octanol–water partition coefficient (Wildman–Crippen LogP) is 2.76. The molecule has 1 N–H and O–H groups in total. The zero-order valence-corrected chi connectivity index (χ0v) is 9.64. The number of aliphatic hydroxyl groups excluding tert-OH is 1. The lowest BCUT2D eigenvalue weighted by atomic mass is 10.1. The van der Waals surface area contributed by atoms with Gasteiger partial charge in [0.05, 0.1) is 11.6 Å². The Kier molecular flexibility index (Phi) is 4.41. The molecule has 0 bridgehead atoms. The molecule has 84 valence electrons. The van der Waals surface area contributed by atoms with E-state index in [4.69, 9.17) is 5.26 Å². The van der Waals surface area contributed by atoms with Crippen molar-refractivity contribution < 1.29 is 5.11 Å². The van der Waals surface area contributed by atoms with E-state index in [2.05, 4.69) is 6.07 Å². The molecule has 0 amide bonds. The quantitative estimate of drug-likeness (QED) is 0.787. The Morgan fingerprint density at radius 1 is 1.31 bits per heavy atom. The lowest BCUT2D eigenvalue weighted by Crippen LogP contribution is -2.21. The summed E-state index contributed by atoms with van der Waals surface area (Å²) in [5.74, 6) is 0.259. The van der Waals surface area contributed by atoms with Gasteiger partial charge < -0.3 is 10.0 Å². The molecule has 1 aromatic rings. The number of nitrogens with zero attached hydrogens (tertiary/aromatic N) is 2. The third kappa shape index (κ3) is 3.03. The molecule has 0 saturated carbocycles. The van der Waals surface area contributed by atoms with Gasteiger partial charge in [-0.2, -0.15) is 5.26 Å². The van der Waals surface area contributed by atoms with Crippen LogP contribution in [0, 0.1) is 11.3 Å². The summed E-state index contributed by atoms with van der Waals surface area (Å²) in [5, 5.41) is 18.5. The third-order valence-electron chi connectivity index (χ3n) is 2.42. The molecule has 16 heavy (non-hydrogen) atoms. The van der Waals surface area contributed by atoms with Crippen LogP contribution in [0.3, 0.4) is 0 Å². The van der Waals surface area contributed by atoms with Gasteiger partial charge in [-0.05, 0) is 31.5 Å². The molecule has 0 aromatic heterocycles. The maximum atomic E-state index is 9.81. The summed E-state index contributed by atoms with van der Waals surface area (Å²) in [7, 11) is 0. The molecule has 0 aliphatic carbocycles. The van der Waals surface area contributed by atoms with Crippen LogP contribution in [-0.4, -0.2) is 23.1 Å². The number of rotatable bonds is 4. The SMILES string of the molecule is CCN(CC)/C(O)=C/c1ccc(C#N)cc1. The number of nitriles is 1. The Bertz CT molecular complexity index is 397. The molecule has 0 fully saturated rings. The molecule has 3 heteroatoms. The molecule has 0 saturated heterocycles. The van der Waals surface area contributed by atoms with Gasteiger partial charge >= 0.3 is 0 Å².